The lowest BCUT2D eigenvalue weighted by atomic mass is 9.81. The molecule has 0 N–H and O–H groups in total. The van der Waals surface area contributed by atoms with E-state index >= 15 is 0 Å². The summed E-state index contributed by atoms with van der Waals surface area (Å²) in [6, 6.07) is 10.5. The van der Waals surface area contributed by atoms with E-state index < -0.39 is 0 Å². The van der Waals surface area contributed by atoms with Crippen molar-refractivity contribution in [2.75, 3.05) is 13.1 Å². The maximum atomic E-state index is 12.1. The minimum absolute atomic E-state index is 0.0543. The number of hydrogen-bond donors (Lipinski definition) is 0. The summed E-state index contributed by atoms with van der Waals surface area (Å²) in [5, 5.41) is 1.19. The molecule has 0 bridgehead atoms. The fourth-order valence-electron chi connectivity index (χ4n) is 4.11. The fraction of sp³-hybridized carbons (Fsp3) is 0.524. The number of benzene rings is 1. The van der Waals surface area contributed by atoms with Crippen molar-refractivity contribution in [3.8, 4) is 0 Å². The molecule has 4 nitrogen and oxygen atoms in total. The fourth-order valence-corrected chi connectivity index (χ4v) is 4.11. The Hall–Kier alpha value is -1.88. The van der Waals surface area contributed by atoms with E-state index in [2.05, 4.69) is 45.7 Å². The van der Waals surface area contributed by atoms with Gasteiger partial charge in [0.15, 0.2) is 0 Å². The molecule has 1 atom stereocenters. The molecule has 0 spiro atoms. The number of unbranched alkanes of at least 4 members (excludes halogenated alkanes) is 1. The van der Waals surface area contributed by atoms with Crippen LogP contribution in [0.5, 0.6) is 0 Å². The maximum absolute atomic E-state index is 12.1. The second kappa shape index (κ2) is 9.18. The van der Waals surface area contributed by atoms with Crippen molar-refractivity contribution in [2.24, 2.45) is 11.8 Å². The number of likely N-dealkylation sites (tertiary alicyclic amines) is 1. The van der Waals surface area contributed by atoms with Crippen LogP contribution >= 0.6 is 0 Å². The van der Waals surface area contributed by atoms with Crippen LogP contribution in [-0.4, -0.2) is 37.0 Å². The molecular formula is C21H27BN2O2. The number of carbonyl (C=O) groups excluding carboxylic acids is 1. The summed E-state index contributed by atoms with van der Waals surface area (Å²) in [7, 11) is 5.17. The van der Waals surface area contributed by atoms with Crippen LogP contribution < -0.4 is 0 Å². The number of pyridine rings is 1. The Morgan fingerprint density at radius 2 is 2.08 bits per heavy atom. The van der Waals surface area contributed by atoms with Gasteiger partial charge in [-0.1, -0.05) is 44.0 Å². The van der Waals surface area contributed by atoms with Gasteiger partial charge in [-0.15, -0.1) is 0 Å². The van der Waals surface area contributed by atoms with Gasteiger partial charge in [-0.05, 0) is 49.9 Å². The lowest BCUT2D eigenvalue weighted by Gasteiger charge is -2.35. The van der Waals surface area contributed by atoms with E-state index in [4.69, 9.17) is 8.05 Å². The molecule has 1 saturated heterocycles. The van der Waals surface area contributed by atoms with Crippen molar-refractivity contribution in [1.82, 2.24) is 9.88 Å². The Bertz CT molecular complexity index is 724. The normalized spacial score (nSPS) is 17.3. The number of nitrogens with zero attached hydrogens (tertiary/aromatic N) is 2. The molecule has 136 valence electrons. The van der Waals surface area contributed by atoms with Gasteiger partial charge in [0.25, 0.3) is 5.97 Å². The summed E-state index contributed by atoms with van der Waals surface area (Å²) in [5.41, 5.74) is 2.36. The summed E-state index contributed by atoms with van der Waals surface area (Å²) < 4.78 is 4.57. The first-order chi connectivity index (χ1) is 12.7. The van der Waals surface area contributed by atoms with Gasteiger partial charge in [-0.25, -0.2) is 0 Å². The molecule has 0 saturated carbocycles. The number of piperidine rings is 1. The van der Waals surface area contributed by atoms with Gasteiger partial charge in [0.1, 0.15) is 0 Å². The van der Waals surface area contributed by atoms with E-state index in [0.717, 1.165) is 57.3 Å². The molecule has 1 aromatic carbocycles. The number of carbonyl (C=O) groups is 1. The largest absolute Gasteiger partial charge is 0.543 e. The van der Waals surface area contributed by atoms with Crippen LogP contribution in [0.1, 0.15) is 44.6 Å². The summed E-state index contributed by atoms with van der Waals surface area (Å²) in [6.07, 6.45) is 6.89. The molecule has 1 fully saturated rings. The zero-order valence-corrected chi connectivity index (χ0v) is 15.6. The number of aromatic nitrogens is 1. The Morgan fingerprint density at radius 3 is 2.81 bits per heavy atom. The Kier molecular flexibility index (Phi) is 6.67. The van der Waals surface area contributed by atoms with Crippen LogP contribution in [0.2, 0.25) is 0 Å². The van der Waals surface area contributed by atoms with E-state index in [-0.39, 0.29) is 11.9 Å². The highest BCUT2D eigenvalue weighted by Gasteiger charge is 2.31. The van der Waals surface area contributed by atoms with E-state index in [1.165, 1.54) is 10.9 Å². The van der Waals surface area contributed by atoms with Crippen molar-refractivity contribution in [1.29, 1.82) is 0 Å². The molecule has 0 amide bonds. The van der Waals surface area contributed by atoms with Gasteiger partial charge in [-0.3, -0.25) is 14.7 Å². The van der Waals surface area contributed by atoms with Crippen molar-refractivity contribution in [3.05, 3.63) is 42.1 Å². The third-order valence-electron chi connectivity index (χ3n) is 5.60. The van der Waals surface area contributed by atoms with Crippen LogP contribution in [-0.2, 0) is 16.0 Å². The highest BCUT2D eigenvalue weighted by Crippen LogP contribution is 2.30. The van der Waals surface area contributed by atoms with Gasteiger partial charge in [0.2, 0.25) is 0 Å². The molecule has 5 heteroatoms. The van der Waals surface area contributed by atoms with Gasteiger partial charge in [0, 0.05) is 18.1 Å². The van der Waals surface area contributed by atoms with Crippen LogP contribution in [0, 0.1) is 11.8 Å². The molecule has 3 rings (SSSR count). The topological polar surface area (TPSA) is 42.4 Å². The van der Waals surface area contributed by atoms with Crippen molar-refractivity contribution in [2.45, 2.75) is 45.6 Å². The summed E-state index contributed by atoms with van der Waals surface area (Å²) in [5.74, 6) is 0.0796. The molecule has 2 heterocycles. The van der Waals surface area contributed by atoms with Crippen LogP contribution in [0.3, 0.4) is 0 Å². The molecule has 1 aromatic heterocycles. The minimum Gasteiger partial charge on any atom is -0.543 e. The molecule has 1 unspecified atom stereocenters. The Labute approximate surface area is 157 Å². The predicted molar refractivity (Wildman–Crippen MR) is 105 cm³/mol. The molecule has 1 aliphatic rings. The first kappa shape index (κ1) is 18.9. The zero-order valence-electron chi connectivity index (χ0n) is 15.6. The molecule has 0 aliphatic carbocycles. The summed E-state index contributed by atoms with van der Waals surface area (Å²) in [6.45, 7) is 5.04. The second-order valence-corrected chi connectivity index (χ2v) is 7.29. The lowest BCUT2D eigenvalue weighted by molar-refractivity contribution is -0.141. The minimum atomic E-state index is -0.241. The molecular weight excluding hydrogens is 323 g/mol. The molecule has 1 aliphatic heterocycles. The first-order valence-electron chi connectivity index (χ1n) is 9.68. The number of rotatable bonds is 7. The average molecular weight is 350 g/mol. The lowest BCUT2D eigenvalue weighted by Crippen LogP contribution is -2.38. The smallest absolute Gasteiger partial charge is 0.378 e. The van der Waals surface area contributed by atoms with E-state index in [0.29, 0.717) is 5.92 Å². The van der Waals surface area contributed by atoms with Gasteiger partial charge in [-0.2, -0.15) is 0 Å². The Morgan fingerprint density at radius 1 is 1.31 bits per heavy atom. The molecule has 26 heavy (non-hydrogen) atoms. The second-order valence-electron chi connectivity index (χ2n) is 7.29. The van der Waals surface area contributed by atoms with Crippen molar-refractivity contribution in [3.63, 3.8) is 0 Å². The SMILES string of the molecule is [B]OC(=O)C(CCCC)C1CCN(Cc2cccc3cccnc23)CC1. The van der Waals surface area contributed by atoms with E-state index in [1.807, 2.05) is 12.3 Å². The number of para-hydroxylation sites is 1. The molecule has 2 radical (unpaired) electrons. The standard InChI is InChI=1S/C21H27BN2O2/c1-2-3-9-19(21(25)26-22)16-10-13-24(14-11-16)15-18-7-4-6-17-8-5-12-23-20(17)18/h4-8,12,16,19H,2-3,9-11,13-15H2,1H3. The monoisotopic (exact) mass is 350 g/mol. The highest BCUT2D eigenvalue weighted by atomic mass is 16.5. The molecule has 2 aromatic rings. The predicted octanol–water partition coefficient (Wildman–Crippen LogP) is 3.88. The third kappa shape index (κ3) is 4.45. The van der Waals surface area contributed by atoms with Crippen LogP contribution in [0.15, 0.2) is 36.5 Å². The summed E-state index contributed by atoms with van der Waals surface area (Å²) in [4.78, 5) is 19.1. The average Bonchev–Trinajstić information content (AvgIpc) is 2.69. The van der Waals surface area contributed by atoms with Crippen LogP contribution in [0.25, 0.3) is 10.9 Å². The summed E-state index contributed by atoms with van der Waals surface area (Å²) >= 11 is 0. The van der Waals surface area contributed by atoms with Gasteiger partial charge < -0.3 is 4.65 Å². The van der Waals surface area contributed by atoms with Crippen LogP contribution in [0.4, 0.5) is 0 Å². The maximum Gasteiger partial charge on any atom is 0.378 e. The van der Waals surface area contributed by atoms with E-state index in [9.17, 15) is 4.79 Å². The van der Waals surface area contributed by atoms with Gasteiger partial charge in [0.05, 0.1) is 11.4 Å². The number of hydrogen-bond acceptors (Lipinski definition) is 4. The Balaban J connectivity index is 1.61. The quantitative estimate of drug-likeness (QED) is 0.711. The zero-order chi connectivity index (χ0) is 18.4. The third-order valence-corrected chi connectivity index (χ3v) is 5.60. The van der Waals surface area contributed by atoms with Crippen molar-refractivity contribution < 1.29 is 9.45 Å². The first-order valence-corrected chi connectivity index (χ1v) is 9.68. The van der Waals surface area contributed by atoms with Crippen molar-refractivity contribution >= 4 is 24.9 Å². The van der Waals surface area contributed by atoms with E-state index in [1.54, 1.807) is 0 Å². The number of fused-ring (bicyclic) bond motifs is 1. The van der Waals surface area contributed by atoms with Gasteiger partial charge >= 0.3 is 8.05 Å². The highest BCUT2D eigenvalue weighted by molar-refractivity contribution is 6.05.